The molecule has 0 spiro atoms. The number of aliphatic hydroxyl groups is 3. The van der Waals surface area contributed by atoms with Gasteiger partial charge in [-0.2, -0.15) is 0 Å². The second-order valence-electron chi connectivity index (χ2n) is 4.71. The van der Waals surface area contributed by atoms with Gasteiger partial charge in [0.25, 0.3) is 0 Å². The van der Waals surface area contributed by atoms with Crippen LogP contribution in [-0.4, -0.2) is 82.2 Å². The summed E-state index contributed by atoms with van der Waals surface area (Å²) < 4.78 is 10.4. The van der Waals surface area contributed by atoms with Crippen molar-refractivity contribution in [2.75, 3.05) is 13.2 Å². The molecule has 1 rings (SSSR count). The van der Waals surface area contributed by atoms with Gasteiger partial charge in [-0.15, -0.1) is 0 Å². The average Bonchev–Trinajstić information content (AvgIpc) is 2.42. The Kier molecular flexibility index (Phi) is 6.45. The highest BCUT2D eigenvalue weighted by Gasteiger charge is 2.45. The van der Waals surface area contributed by atoms with Crippen LogP contribution in [0.25, 0.3) is 0 Å². The van der Waals surface area contributed by atoms with E-state index in [1.54, 1.807) is 0 Å². The molecule has 0 aromatic heterocycles. The van der Waals surface area contributed by atoms with E-state index in [1.165, 1.54) is 6.92 Å². The zero-order valence-corrected chi connectivity index (χ0v) is 11.4. The van der Waals surface area contributed by atoms with Crippen molar-refractivity contribution in [2.45, 2.75) is 43.6 Å². The molecule has 0 unspecified atom stereocenters. The monoisotopic (exact) mass is 308 g/mol. The molecular formula is C11H20N2O8. The molecule has 1 saturated heterocycles. The summed E-state index contributed by atoms with van der Waals surface area (Å²) in [6.45, 7) is 0.171. The van der Waals surface area contributed by atoms with Gasteiger partial charge in [0.1, 0.15) is 30.4 Å². The van der Waals surface area contributed by atoms with E-state index in [0.717, 1.165) is 0 Å². The maximum absolute atomic E-state index is 11.1. The number of carbonyl (C=O) groups is 2. The summed E-state index contributed by atoms with van der Waals surface area (Å²) in [5, 5.41) is 39.8. The number of rotatable bonds is 6. The zero-order valence-electron chi connectivity index (χ0n) is 11.4. The number of nitrogens with two attached hydrogens (primary N) is 1. The lowest BCUT2D eigenvalue weighted by Gasteiger charge is -2.42. The summed E-state index contributed by atoms with van der Waals surface area (Å²) >= 11 is 0. The maximum Gasteiger partial charge on any atom is 0.322 e. The first-order valence-corrected chi connectivity index (χ1v) is 6.27. The SMILES string of the molecule is CC(=O)N[C@H]1[C@H](OC[C@@H](N)C(=O)O)O[C@H](CO)[C@@H](O)[C@@H]1O. The van der Waals surface area contributed by atoms with E-state index in [0.29, 0.717) is 0 Å². The van der Waals surface area contributed by atoms with Crippen molar-refractivity contribution >= 4 is 11.9 Å². The van der Waals surface area contributed by atoms with E-state index in [4.69, 9.17) is 25.4 Å². The van der Waals surface area contributed by atoms with Crippen LogP contribution < -0.4 is 11.1 Å². The maximum atomic E-state index is 11.1. The highest BCUT2D eigenvalue weighted by molar-refractivity contribution is 5.73. The van der Waals surface area contributed by atoms with Gasteiger partial charge in [-0.25, -0.2) is 0 Å². The Labute approximate surface area is 120 Å². The van der Waals surface area contributed by atoms with Crippen LogP contribution in [0.1, 0.15) is 6.92 Å². The van der Waals surface area contributed by atoms with Gasteiger partial charge in [-0.1, -0.05) is 0 Å². The lowest BCUT2D eigenvalue weighted by atomic mass is 9.97. The summed E-state index contributed by atoms with van der Waals surface area (Å²) in [7, 11) is 0. The first kappa shape index (κ1) is 17.8. The lowest BCUT2D eigenvalue weighted by molar-refractivity contribution is -0.270. The first-order valence-electron chi connectivity index (χ1n) is 6.27. The number of ether oxygens (including phenoxy) is 2. The molecule has 0 aliphatic carbocycles. The number of nitrogens with one attached hydrogen (secondary N) is 1. The summed E-state index contributed by atoms with van der Waals surface area (Å²) in [6.07, 6.45) is -5.27. The minimum absolute atomic E-state index is 0.433. The van der Waals surface area contributed by atoms with Gasteiger partial charge in [0.15, 0.2) is 6.29 Å². The van der Waals surface area contributed by atoms with Crippen molar-refractivity contribution in [2.24, 2.45) is 5.73 Å². The van der Waals surface area contributed by atoms with Gasteiger partial charge < -0.3 is 41.0 Å². The van der Waals surface area contributed by atoms with Crippen molar-refractivity contribution in [1.82, 2.24) is 5.32 Å². The number of aliphatic carboxylic acids is 1. The van der Waals surface area contributed by atoms with Gasteiger partial charge in [0, 0.05) is 6.92 Å². The lowest BCUT2D eigenvalue weighted by Crippen LogP contribution is -2.64. The Morgan fingerprint density at radius 1 is 1.38 bits per heavy atom. The van der Waals surface area contributed by atoms with Crippen LogP contribution in [0.3, 0.4) is 0 Å². The van der Waals surface area contributed by atoms with Gasteiger partial charge in [0.2, 0.25) is 5.91 Å². The van der Waals surface area contributed by atoms with E-state index in [1.807, 2.05) is 0 Å². The third-order valence-corrected chi connectivity index (χ3v) is 3.01. The van der Waals surface area contributed by atoms with Crippen molar-refractivity contribution in [1.29, 1.82) is 0 Å². The zero-order chi connectivity index (χ0) is 16.2. The highest BCUT2D eigenvalue weighted by atomic mass is 16.7. The van der Waals surface area contributed by atoms with Gasteiger partial charge in [-0.3, -0.25) is 9.59 Å². The molecule has 1 aliphatic rings. The molecule has 0 aromatic carbocycles. The topological polar surface area (TPSA) is 172 Å². The fourth-order valence-corrected chi connectivity index (χ4v) is 1.88. The van der Waals surface area contributed by atoms with Crippen molar-refractivity contribution < 1.29 is 39.5 Å². The first-order chi connectivity index (χ1) is 9.77. The van der Waals surface area contributed by atoms with Crippen LogP contribution in [0, 0.1) is 0 Å². The van der Waals surface area contributed by atoms with Crippen LogP contribution in [0.15, 0.2) is 0 Å². The molecule has 0 bridgehead atoms. The molecule has 0 radical (unpaired) electrons. The normalized spacial score (nSPS) is 34.2. The van der Waals surface area contributed by atoms with Crippen molar-refractivity contribution in [3.8, 4) is 0 Å². The summed E-state index contributed by atoms with van der Waals surface area (Å²) in [6, 6.07) is -2.44. The number of hydrogen-bond acceptors (Lipinski definition) is 8. The summed E-state index contributed by atoms with van der Waals surface area (Å²) in [5.41, 5.74) is 5.28. The molecule has 0 saturated carbocycles. The number of hydrogen-bond donors (Lipinski definition) is 6. The van der Waals surface area contributed by atoms with E-state index >= 15 is 0 Å². The molecule has 7 N–H and O–H groups in total. The number of carboxylic acid groups (broad SMARTS) is 1. The molecule has 1 aliphatic heterocycles. The standard InChI is InChI=1S/C11H20N2O8/c1-4(15)13-7-9(17)8(16)6(2-14)21-11(7)20-3-5(12)10(18)19/h5-9,11,14,16-17H,2-3,12H2,1H3,(H,13,15)(H,18,19)/t5-,6-,7-,8-,9-,11-/m1/s1. The number of aliphatic hydroxyl groups excluding tert-OH is 3. The third kappa shape index (κ3) is 4.59. The molecule has 10 nitrogen and oxygen atoms in total. The predicted octanol–water partition coefficient (Wildman–Crippen LogP) is -3.64. The van der Waals surface area contributed by atoms with Crippen LogP contribution >= 0.6 is 0 Å². The molecular weight excluding hydrogens is 288 g/mol. The quantitative estimate of drug-likeness (QED) is 0.289. The molecule has 6 atom stereocenters. The van der Waals surface area contributed by atoms with Crippen LogP contribution in [0.5, 0.6) is 0 Å². The fraction of sp³-hybridized carbons (Fsp3) is 0.818. The van der Waals surface area contributed by atoms with Gasteiger partial charge >= 0.3 is 5.97 Å². The third-order valence-electron chi connectivity index (χ3n) is 3.01. The minimum atomic E-state index is -1.45. The van der Waals surface area contributed by atoms with E-state index < -0.39 is 61.8 Å². The number of amides is 1. The Morgan fingerprint density at radius 2 is 2.00 bits per heavy atom. The largest absolute Gasteiger partial charge is 0.480 e. The van der Waals surface area contributed by atoms with Crippen molar-refractivity contribution in [3.63, 3.8) is 0 Å². The van der Waals surface area contributed by atoms with Crippen LogP contribution in [0.4, 0.5) is 0 Å². The number of carboxylic acids is 1. The fourth-order valence-electron chi connectivity index (χ4n) is 1.88. The summed E-state index contributed by atoms with van der Waals surface area (Å²) in [5.74, 6) is -1.80. The minimum Gasteiger partial charge on any atom is -0.480 e. The molecule has 1 heterocycles. The van der Waals surface area contributed by atoms with E-state index in [-0.39, 0.29) is 0 Å². The smallest absolute Gasteiger partial charge is 0.322 e. The molecule has 10 heteroatoms. The van der Waals surface area contributed by atoms with E-state index in [9.17, 15) is 19.8 Å². The molecule has 0 aromatic rings. The highest BCUT2D eigenvalue weighted by Crippen LogP contribution is 2.22. The molecule has 1 amide bonds. The average molecular weight is 308 g/mol. The Bertz CT molecular complexity index is 379. The Morgan fingerprint density at radius 3 is 2.48 bits per heavy atom. The molecule has 1 fully saturated rings. The molecule has 122 valence electrons. The van der Waals surface area contributed by atoms with Crippen LogP contribution in [0.2, 0.25) is 0 Å². The van der Waals surface area contributed by atoms with Crippen LogP contribution in [-0.2, 0) is 19.1 Å². The second-order valence-corrected chi connectivity index (χ2v) is 4.71. The number of carbonyl (C=O) groups excluding carboxylic acids is 1. The second kappa shape index (κ2) is 7.64. The van der Waals surface area contributed by atoms with Gasteiger partial charge in [0.05, 0.1) is 13.2 Å². The Balaban J connectivity index is 2.78. The van der Waals surface area contributed by atoms with Gasteiger partial charge in [-0.05, 0) is 0 Å². The predicted molar refractivity (Wildman–Crippen MR) is 66.9 cm³/mol. The summed E-state index contributed by atoms with van der Waals surface area (Å²) in [4.78, 5) is 21.7. The van der Waals surface area contributed by atoms with E-state index in [2.05, 4.69) is 5.32 Å². The Hall–Kier alpha value is -1.30. The van der Waals surface area contributed by atoms with Crippen molar-refractivity contribution in [3.05, 3.63) is 0 Å². The molecule has 21 heavy (non-hydrogen) atoms.